The van der Waals surface area contributed by atoms with Crippen LogP contribution in [0.5, 0.6) is 0 Å². The molecule has 0 aromatic rings. The summed E-state index contributed by atoms with van der Waals surface area (Å²) in [7, 11) is 2.26. The van der Waals surface area contributed by atoms with Crippen molar-refractivity contribution in [3.8, 4) is 0 Å². The molecule has 0 spiro atoms. The van der Waals surface area contributed by atoms with Gasteiger partial charge in [-0.2, -0.15) is 0 Å². The Morgan fingerprint density at radius 1 is 1.06 bits per heavy atom. The number of rotatable bonds is 1. The van der Waals surface area contributed by atoms with Crippen molar-refractivity contribution in [3.63, 3.8) is 0 Å². The monoisotopic (exact) mass is 225 g/mol. The van der Waals surface area contributed by atoms with Gasteiger partial charge >= 0.3 is 0 Å². The first-order valence-electron chi connectivity index (χ1n) is 6.84. The molecule has 0 amide bonds. The zero-order valence-corrected chi connectivity index (χ0v) is 11.1. The smallest absolute Gasteiger partial charge is 0.0123 e. The molecule has 2 rings (SSSR count). The molecule has 0 bridgehead atoms. The van der Waals surface area contributed by atoms with E-state index in [-0.39, 0.29) is 0 Å². The van der Waals surface area contributed by atoms with Gasteiger partial charge in [-0.15, -0.1) is 0 Å². The minimum absolute atomic E-state index is 0.702. The quantitative estimate of drug-likeness (QED) is 0.722. The first-order valence-corrected chi connectivity index (χ1v) is 6.84. The van der Waals surface area contributed by atoms with Crippen molar-refractivity contribution < 1.29 is 0 Å². The molecule has 0 aliphatic carbocycles. The zero-order chi connectivity index (χ0) is 11.5. The lowest BCUT2D eigenvalue weighted by molar-refractivity contribution is 0.0919. The van der Waals surface area contributed by atoms with Crippen molar-refractivity contribution >= 4 is 0 Å². The lowest BCUT2D eigenvalue weighted by Gasteiger charge is -2.40. The molecular formula is C13H27N3. The molecule has 0 aromatic carbocycles. The lowest BCUT2D eigenvalue weighted by Crippen LogP contribution is -2.48. The van der Waals surface area contributed by atoms with Gasteiger partial charge in [0.2, 0.25) is 0 Å². The van der Waals surface area contributed by atoms with Crippen LogP contribution in [0.25, 0.3) is 0 Å². The normalized spacial score (nSPS) is 39.6. The summed E-state index contributed by atoms with van der Waals surface area (Å²) in [5.74, 6) is 0. The van der Waals surface area contributed by atoms with Gasteiger partial charge in [0.05, 0.1) is 0 Å². The number of nitrogens with one attached hydrogen (secondary N) is 1. The number of nitrogens with zero attached hydrogens (tertiary/aromatic N) is 2. The molecule has 0 aromatic heterocycles. The topological polar surface area (TPSA) is 18.5 Å². The number of hydrogen-bond acceptors (Lipinski definition) is 3. The fourth-order valence-electron chi connectivity index (χ4n) is 2.99. The van der Waals surface area contributed by atoms with Crippen LogP contribution >= 0.6 is 0 Å². The van der Waals surface area contributed by atoms with Crippen LogP contribution in [-0.4, -0.2) is 61.2 Å². The first kappa shape index (κ1) is 12.3. The molecule has 3 nitrogen and oxygen atoms in total. The van der Waals surface area contributed by atoms with Gasteiger partial charge in [0.1, 0.15) is 0 Å². The fraction of sp³-hybridized carbons (Fsp3) is 1.00. The van der Waals surface area contributed by atoms with Crippen LogP contribution in [0, 0.1) is 0 Å². The predicted molar refractivity (Wildman–Crippen MR) is 68.8 cm³/mol. The molecule has 0 saturated carbocycles. The van der Waals surface area contributed by atoms with E-state index in [2.05, 4.69) is 36.0 Å². The first-order chi connectivity index (χ1) is 7.66. The summed E-state index contributed by atoms with van der Waals surface area (Å²) in [4.78, 5) is 5.22. The van der Waals surface area contributed by atoms with Crippen molar-refractivity contribution in [1.82, 2.24) is 15.1 Å². The van der Waals surface area contributed by atoms with Crippen LogP contribution in [0.15, 0.2) is 0 Å². The Hall–Kier alpha value is -0.120. The van der Waals surface area contributed by atoms with Crippen molar-refractivity contribution in [1.29, 1.82) is 0 Å². The highest BCUT2D eigenvalue weighted by molar-refractivity contribution is 4.85. The molecule has 3 atom stereocenters. The maximum absolute atomic E-state index is 3.58. The van der Waals surface area contributed by atoms with E-state index in [1.54, 1.807) is 0 Å². The van der Waals surface area contributed by atoms with Crippen molar-refractivity contribution in [2.45, 2.75) is 51.2 Å². The van der Waals surface area contributed by atoms with E-state index in [4.69, 9.17) is 0 Å². The van der Waals surface area contributed by atoms with Gasteiger partial charge in [-0.3, -0.25) is 4.90 Å². The third kappa shape index (κ3) is 2.96. The fourth-order valence-corrected chi connectivity index (χ4v) is 2.99. The van der Waals surface area contributed by atoms with Gasteiger partial charge in [-0.05, 0) is 53.2 Å². The Kier molecular flexibility index (Phi) is 4.22. The second-order valence-electron chi connectivity index (χ2n) is 5.69. The Morgan fingerprint density at radius 2 is 1.88 bits per heavy atom. The molecule has 2 aliphatic rings. The van der Waals surface area contributed by atoms with Crippen molar-refractivity contribution in [2.75, 3.05) is 33.2 Å². The van der Waals surface area contributed by atoms with Crippen molar-refractivity contribution in [3.05, 3.63) is 0 Å². The average Bonchev–Trinajstić information content (AvgIpc) is 2.47. The standard InChI is InChI=1S/C13H27N3/c1-11-4-8-16(9-6-14-11)13-5-7-15(3)12(2)10-13/h11-14H,4-10H2,1-3H3. The molecule has 2 heterocycles. The minimum atomic E-state index is 0.702. The van der Waals surface area contributed by atoms with Crippen LogP contribution < -0.4 is 5.32 Å². The maximum Gasteiger partial charge on any atom is 0.0123 e. The SMILES string of the molecule is CC1CCN(C2CCN(C)C(C)C2)CCN1. The summed E-state index contributed by atoms with van der Waals surface area (Å²) in [6.45, 7) is 9.64. The van der Waals surface area contributed by atoms with E-state index in [1.165, 1.54) is 45.4 Å². The van der Waals surface area contributed by atoms with E-state index in [0.717, 1.165) is 12.1 Å². The Bertz CT molecular complexity index is 217. The highest BCUT2D eigenvalue weighted by Gasteiger charge is 2.28. The summed E-state index contributed by atoms with van der Waals surface area (Å²) < 4.78 is 0. The zero-order valence-electron chi connectivity index (χ0n) is 11.1. The number of hydrogen-bond donors (Lipinski definition) is 1. The highest BCUT2D eigenvalue weighted by Crippen LogP contribution is 2.21. The Labute approximate surface area is 100 Å². The average molecular weight is 225 g/mol. The summed E-state index contributed by atoms with van der Waals surface area (Å²) in [6.07, 6.45) is 4.01. The second kappa shape index (κ2) is 5.48. The third-order valence-corrected chi connectivity index (χ3v) is 4.44. The van der Waals surface area contributed by atoms with Crippen LogP contribution in [-0.2, 0) is 0 Å². The van der Waals surface area contributed by atoms with Gasteiger partial charge in [-0.25, -0.2) is 0 Å². The Morgan fingerprint density at radius 3 is 2.62 bits per heavy atom. The molecule has 3 unspecified atom stereocenters. The molecule has 3 heteroatoms. The summed E-state index contributed by atoms with van der Waals surface area (Å²) in [6, 6.07) is 2.29. The maximum atomic E-state index is 3.58. The molecule has 94 valence electrons. The molecule has 0 radical (unpaired) electrons. The van der Waals surface area contributed by atoms with E-state index in [1.807, 2.05) is 0 Å². The number of likely N-dealkylation sites (tertiary alicyclic amines) is 1. The molecule has 2 aliphatic heterocycles. The predicted octanol–water partition coefficient (Wildman–Crippen LogP) is 1.15. The van der Waals surface area contributed by atoms with Gasteiger partial charge in [0.15, 0.2) is 0 Å². The van der Waals surface area contributed by atoms with Gasteiger partial charge in [-0.1, -0.05) is 0 Å². The molecule has 16 heavy (non-hydrogen) atoms. The van der Waals surface area contributed by atoms with Crippen LogP contribution in [0.3, 0.4) is 0 Å². The van der Waals surface area contributed by atoms with Gasteiger partial charge < -0.3 is 10.2 Å². The largest absolute Gasteiger partial charge is 0.313 e. The summed E-state index contributed by atoms with van der Waals surface area (Å²) in [5, 5.41) is 3.58. The molecule has 2 saturated heterocycles. The van der Waals surface area contributed by atoms with Gasteiger partial charge in [0, 0.05) is 31.2 Å². The highest BCUT2D eigenvalue weighted by atomic mass is 15.2. The van der Waals surface area contributed by atoms with E-state index >= 15 is 0 Å². The summed E-state index contributed by atoms with van der Waals surface area (Å²) >= 11 is 0. The minimum Gasteiger partial charge on any atom is -0.313 e. The Balaban J connectivity index is 1.87. The number of piperidine rings is 1. The van der Waals surface area contributed by atoms with Crippen LogP contribution in [0.4, 0.5) is 0 Å². The van der Waals surface area contributed by atoms with E-state index < -0.39 is 0 Å². The van der Waals surface area contributed by atoms with E-state index in [9.17, 15) is 0 Å². The second-order valence-corrected chi connectivity index (χ2v) is 5.69. The molecule has 2 fully saturated rings. The lowest BCUT2D eigenvalue weighted by atomic mass is 9.97. The molecule has 1 N–H and O–H groups in total. The summed E-state index contributed by atoms with van der Waals surface area (Å²) in [5.41, 5.74) is 0. The van der Waals surface area contributed by atoms with Crippen LogP contribution in [0.1, 0.15) is 33.1 Å². The van der Waals surface area contributed by atoms with Crippen molar-refractivity contribution in [2.24, 2.45) is 0 Å². The van der Waals surface area contributed by atoms with Gasteiger partial charge in [0.25, 0.3) is 0 Å². The van der Waals surface area contributed by atoms with E-state index in [0.29, 0.717) is 6.04 Å². The molecular weight excluding hydrogens is 198 g/mol. The van der Waals surface area contributed by atoms with Crippen LogP contribution in [0.2, 0.25) is 0 Å². The third-order valence-electron chi connectivity index (χ3n) is 4.44.